The molecular formula is C12H9ClN2O5. The van der Waals surface area contributed by atoms with Gasteiger partial charge in [-0.1, -0.05) is 11.6 Å². The van der Waals surface area contributed by atoms with E-state index >= 15 is 0 Å². The van der Waals surface area contributed by atoms with Crippen LogP contribution in [0.2, 0.25) is 5.02 Å². The summed E-state index contributed by atoms with van der Waals surface area (Å²) in [5, 5.41) is 20.7. The third kappa shape index (κ3) is 3.07. The van der Waals surface area contributed by atoms with Crippen LogP contribution in [0.4, 0.5) is 5.69 Å². The summed E-state index contributed by atoms with van der Waals surface area (Å²) in [6, 6.07) is 4.96. The van der Waals surface area contributed by atoms with Gasteiger partial charge in [0, 0.05) is 5.02 Å². The quantitative estimate of drug-likeness (QED) is 0.444. The Morgan fingerprint density at radius 1 is 1.35 bits per heavy atom. The molecule has 1 heterocycles. The number of halogens is 1. The Hall–Kier alpha value is -2.54. The fourth-order valence-electron chi connectivity index (χ4n) is 1.48. The fraction of sp³-hybridized carbons (Fsp3) is 0.0833. The van der Waals surface area contributed by atoms with Gasteiger partial charge < -0.3 is 20.3 Å². The number of rotatable bonds is 3. The molecule has 0 spiro atoms. The molecule has 1 aromatic carbocycles. The van der Waals surface area contributed by atoms with E-state index in [9.17, 15) is 9.59 Å². The summed E-state index contributed by atoms with van der Waals surface area (Å²) in [6.07, 6.45) is 0.756. The Balaban J connectivity index is 2.24. The number of carboxylic acid groups (broad SMARTS) is 2. The largest absolute Gasteiger partial charge is 0.484 e. The van der Waals surface area contributed by atoms with Crippen molar-refractivity contribution in [1.82, 2.24) is 0 Å². The molecule has 0 amide bonds. The van der Waals surface area contributed by atoms with E-state index in [-0.39, 0.29) is 12.4 Å². The third-order valence-electron chi connectivity index (χ3n) is 2.40. The summed E-state index contributed by atoms with van der Waals surface area (Å²) in [5.41, 5.74) is -0.265. The maximum Gasteiger partial charge on any atom is 0.344 e. The summed E-state index contributed by atoms with van der Waals surface area (Å²) in [5.74, 6) is -2.28. The van der Waals surface area contributed by atoms with E-state index in [1.54, 1.807) is 18.2 Å². The Labute approximate surface area is 118 Å². The highest BCUT2D eigenvalue weighted by atomic mass is 35.5. The lowest BCUT2D eigenvalue weighted by atomic mass is 10.2. The summed E-state index contributed by atoms with van der Waals surface area (Å²) < 4.78 is 5.37. The topological polar surface area (TPSA) is 108 Å². The molecule has 0 aromatic heterocycles. The molecule has 0 unspecified atom stereocenters. The Bertz CT molecular complexity index is 623. The molecule has 1 aliphatic rings. The number of aliphatic imine (C=N–C) groups is 1. The zero-order valence-corrected chi connectivity index (χ0v) is 10.7. The maximum atomic E-state index is 10.7. The van der Waals surface area contributed by atoms with Gasteiger partial charge in [-0.25, -0.2) is 14.6 Å². The SMILES string of the molecule is O=C(O)C(=CN=C1COc2ccc(Cl)cc2N1)C(=O)O. The van der Waals surface area contributed by atoms with Crippen molar-refractivity contribution < 1.29 is 24.5 Å². The van der Waals surface area contributed by atoms with Crippen molar-refractivity contribution in [1.29, 1.82) is 0 Å². The van der Waals surface area contributed by atoms with Gasteiger partial charge in [0.1, 0.15) is 18.2 Å². The number of nitrogens with zero attached hydrogens (tertiary/aromatic N) is 1. The molecular weight excluding hydrogens is 288 g/mol. The number of hydrogen-bond acceptors (Lipinski definition) is 4. The average molecular weight is 297 g/mol. The molecule has 1 aliphatic heterocycles. The Kier molecular flexibility index (Phi) is 3.90. The Morgan fingerprint density at radius 3 is 2.70 bits per heavy atom. The molecule has 0 fully saturated rings. The van der Waals surface area contributed by atoms with Gasteiger partial charge in [-0.3, -0.25) is 0 Å². The minimum Gasteiger partial charge on any atom is -0.484 e. The molecule has 7 nitrogen and oxygen atoms in total. The fourth-order valence-corrected chi connectivity index (χ4v) is 1.65. The van der Waals surface area contributed by atoms with Crippen molar-refractivity contribution in [2.45, 2.75) is 0 Å². The average Bonchev–Trinajstić information content (AvgIpc) is 2.37. The molecule has 0 radical (unpaired) electrons. The van der Waals surface area contributed by atoms with Gasteiger partial charge in [0.15, 0.2) is 5.57 Å². The second-order valence-corrected chi connectivity index (χ2v) is 4.22. The molecule has 0 aliphatic carbocycles. The van der Waals surface area contributed by atoms with Crippen LogP contribution in [-0.4, -0.2) is 34.6 Å². The number of fused-ring (bicyclic) bond motifs is 1. The van der Waals surface area contributed by atoms with Crippen LogP contribution in [0.25, 0.3) is 0 Å². The number of aliphatic carboxylic acids is 2. The van der Waals surface area contributed by atoms with Gasteiger partial charge in [-0.15, -0.1) is 0 Å². The lowest BCUT2D eigenvalue weighted by Gasteiger charge is -2.20. The van der Waals surface area contributed by atoms with Gasteiger partial charge in [0.05, 0.1) is 11.9 Å². The normalized spacial score (nSPS) is 14.8. The predicted octanol–water partition coefficient (Wildman–Crippen LogP) is 1.60. The molecule has 0 saturated carbocycles. The standard InChI is InChI=1S/C12H9ClN2O5/c13-6-1-2-9-8(3-6)15-10(5-20-9)14-4-7(11(16)17)12(18)19/h1-4H,5H2,(H,14,15)(H,16,17)(H,18,19). The van der Waals surface area contributed by atoms with Crippen LogP contribution < -0.4 is 10.1 Å². The van der Waals surface area contributed by atoms with Gasteiger partial charge in [0.2, 0.25) is 0 Å². The first-order chi connectivity index (χ1) is 9.47. The molecule has 3 N–H and O–H groups in total. The number of ether oxygens (including phenoxy) is 1. The van der Waals surface area contributed by atoms with Crippen molar-refractivity contribution >= 4 is 35.1 Å². The Morgan fingerprint density at radius 2 is 2.05 bits per heavy atom. The summed E-state index contributed by atoms with van der Waals surface area (Å²) >= 11 is 5.83. The number of anilines is 1. The van der Waals surface area contributed by atoms with Crippen LogP contribution in [0.3, 0.4) is 0 Å². The molecule has 8 heteroatoms. The molecule has 0 bridgehead atoms. The van der Waals surface area contributed by atoms with E-state index in [2.05, 4.69) is 10.3 Å². The highest BCUT2D eigenvalue weighted by Gasteiger charge is 2.17. The number of benzene rings is 1. The predicted molar refractivity (Wildman–Crippen MR) is 71.4 cm³/mol. The van der Waals surface area contributed by atoms with E-state index in [1.165, 1.54) is 0 Å². The number of nitrogens with one attached hydrogen (secondary N) is 1. The summed E-state index contributed by atoms with van der Waals surface area (Å²) in [6.45, 7) is 0.0671. The van der Waals surface area contributed by atoms with E-state index in [4.69, 9.17) is 26.6 Å². The molecule has 1 aromatic rings. The zero-order valence-electron chi connectivity index (χ0n) is 9.96. The minimum absolute atomic E-state index is 0.0671. The molecule has 0 saturated heterocycles. The van der Waals surface area contributed by atoms with Crippen molar-refractivity contribution in [2.24, 2.45) is 4.99 Å². The lowest BCUT2D eigenvalue weighted by molar-refractivity contribution is -0.140. The number of carbonyl (C=O) groups is 2. The van der Waals surface area contributed by atoms with E-state index in [0.717, 1.165) is 6.20 Å². The van der Waals surface area contributed by atoms with Crippen molar-refractivity contribution in [3.63, 3.8) is 0 Å². The first-order valence-electron chi connectivity index (χ1n) is 5.40. The number of carboxylic acids is 2. The van der Waals surface area contributed by atoms with Gasteiger partial charge in [-0.05, 0) is 18.2 Å². The monoisotopic (exact) mass is 296 g/mol. The summed E-state index contributed by atoms with van der Waals surface area (Å²) in [4.78, 5) is 25.1. The highest BCUT2D eigenvalue weighted by Crippen LogP contribution is 2.30. The first-order valence-corrected chi connectivity index (χ1v) is 5.78. The van der Waals surface area contributed by atoms with Crippen LogP contribution >= 0.6 is 11.6 Å². The number of amidine groups is 1. The van der Waals surface area contributed by atoms with Gasteiger partial charge in [0.25, 0.3) is 0 Å². The van der Waals surface area contributed by atoms with E-state index in [0.29, 0.717) is 16.5 Å². The second-order valence-electron chi connectivity index (χ2n) is 3.78. The lowest BCUT2D eigenvalue weighted by Crippen LogP contribution is -2.25. The maximum absolute atomic E-state index is 10.7. The van der Waals surface area contributed by atoms with Crippen molar-refractivity contribution in [2.75, 3.05) is 11.9 Å². The van der Waals surface area contributed by atoms with Crippen LogP contribution in [0, 0.1) is 0 Å². The smallest absolute Gasteiger partial charge is 0.344 e. The molecule has 0 atom stereocenters. The van der Waals surface area contributed by atoms with Crippen LogP contribution in [0.15, 0.2) is 35.0 Å². The minimum atomic E-state index is -1.57. The second kappa shape index (κ2) is 5.62. The van der Waals surface area contributed by atoms with E-state index < -0.39 is 17.5 Å². The molecule has 2 rings (SSSR count). The van der Waals surface area contributed by atoms with Crippen molar-refractivity contribution in [3.8, 4) is 5.75 Å². The van der Waals surface area contributed by atoms with Gasteiger partial charge >= 0.3 is 11.9 Å². The third-order valence-corrected chi connectivity index (χ3v) is 2.63. The van der Waals surface area contributed by atoms with Crippen LogP contribution in [-0.2, 0) is 9.59 Å². The van der Waals surface area contributed by atoms with Crippen LogP contribution in [0.5, 0.6) is 5.75 Å². The molecule has 104 valence electrons. The zero-order chi connectivity index (χ0) is 14.7. The summed E-state index contributed by atoms with van der Waals surface area (Å²) in [7, 11) is 0. The van der Waals surface area contributed by atoms with E-state index in [1.807, 2.05) is 0 Å². The van der Waals surface area contributed by atoms with Crippen molar-refractivity contribution in [3.05, 3.63) is 35.0 Å². The first kappa shape index (κ1) is 13.9. The molecule has 20 heavy (non-hydrogen) atoms. The highest BCUT2D eigenvalue weighted by molar-refractivity contribution is 6.31. The number of hydrogen-bond donors (Lipinski definition) is 3. The van der Waals surface area contributed by atoms with Crippen LogP contribution in [0.1, 0.15) is 0 Å². The van der Waals surface area contributed by atoms with Gasteiger partial charge in [-0.2, -0.15) is 0 Å².